The molecule has 1 heterocycles. The van der Waals surface area contributed by atoms with E-state index in [4.69, 9.17) is 0 Å². The second-order valence-electron chi connectivity index (χ2n) is 7.25. The normalized spacial score (nSPS) is 13.8. The molecule has 0 aliphatic carbocycles. The van der Waals surface area contributed by atoms with Crippen LogP contribution in [-0.4, -0.2) is 11.8 Å². The van der Waals surface area contributed by atoms with Crippen LogP contribution in [0, 0.1) is 12.3 Å². The molecule has 1 aliphatic rings. The smallest absolute Gasteiger partial charge is 0.258 e. The second-order valence-corrected chi connectivity index (χ2v) is 7.25. The van der Waals surface area contributed by atoms with Crippen molar-refractivity contribution < 1.29 is 9.59 Å². The van der Waals surface area contributed by atoms with E-state index in [2.05, 4.69) is 5.32 Å². The minimum atomic E-state index is -0.447. The molecule has 0 saturated heterocycles. The summed E-state index contributed by atoms with van der Waals surface area (Å²) in [6.45, 7) is 8.17. The summed E-state index contributed by atoms with van der Waals surface area (Å²) < 4.78 is 0. The molecule has 0 bridgehead atoms. The van der Waals surface area contributed by atoms with E-state index >= 15 is 0 Å². The van der Waals surface area contributed by atoms with Crippen LogP contribution in [-0.2, 0) is 11.3 Å². The Balaban J connectivity index is 1.84. The first-order valence-electron chi connectivity index (χ1n) is 8.09. The third-order valence-corrected chi connectivity index (χ3v) is 4.27. The topological polar surface area (TPSA) is 49.4 Å². The number of hydrogen-bond acceptors (Lipinski definition) is 2. The molecule has 2 amide bonds. The minimum absolute atomic E-state index is 0.0245. The van der Waals surface area contributed by atoms with E-state index in [0.29, 0.717) is 6.54 Å². The van der Waals surface area contributed by atoms with Crippen LogP contribution in [0.1, 0.15) is 42.3 Å². The highest BCUT2D eigenvalue weighted by molar-refractivity contribution is 6.10. The number of hydrogen-bond donors (Lipinski definition) is 1. The van der Waals surface area contributed by atoms with Crippen LogP contribution in [0.5, 0.6) is 0 Å². The van der Waals surface area contributed by atoms with Crippen molar-refractivity contribution in [3.63, 3.8) is 0 Å². The highest BCUT2D eigenvalue weighted by Gasteiger charge is 2.28. The third kappa shape index (κ3) is 2.92. The van der Waals surface area contributed by atoms with E-state index in [0.717, 1.165) is 28.1 Å². The quantitative estimate of drug-likeness (QED) is 0.903. The van der Waals surface area contributed by atoms with Gasteiger partial charge in [-0.2, -0.15) is 0 Å². The molecule has 0 radical (unpaired) electrons. The van der Waals surface area contributed by atoms with Crippen molar-refractivity contribution in [1.29, 1.82) is 0 Å². The van der Waals surface area contributed by atoms with Crippen molar-refractivity contribution in [1.82, 2.24) is 0 Å². The monoisotopic (exact) mass is 322 g/mol. The number of fused-ring (bicyclic) bond motifs is 1. The highest BCUT2D eigenvalue weighted by atomic mass is 16.2. The Labute approximate surface area is 142 Å². The summed E-state index contributed by atoms with van der Waals surface area (Å²) >= 11 is 0. The van der Waals surface area contributed by atoms with Crippen molar-refractivity contribution in [2.24, 2.45) is 5.41 Å². The number of amides is 2. The Kier molecular flexibility index (Phi) is 3.91. The summed E-state index contributed by atoms with van der Waals surface area (Å²) in [6.07, 6.45) is 0. The van der Waals surface area contributed by atoms with E-state index < -0.39 is 5.41 Å². The molecule has 0 saturated carbocycles. The van der Waals surface area contributed by atoms with Gasteiger partial charge in [-0.1, -0.05) is 39.0 Å². The van der Waals surface area contributed by atoms with Crippen molar-refractivity contribution >= 4 is 23.2 Å². The summed E-state index contributed by atoms with van der Waals surface area (Å²) in [6, 6.07) is 13.4. The molecular weight excluding hydrogens is 300 g/mol. The number of nitrogens with one attached hydrogen (secondary N) is 1. The zero-order chi connectivity index (χ0) is 17.5. The van der Waals surface area contributed by atoms with Crippen molar-refractivity contribution in [2.75, 3.05) is 10.2 Å². The fraction of sp³-hybridized carbons (Fsp3) is 0.300. The maximum absolute atomic E-state index is 12.6. The molecule has 4 heteroatoms. The molecule has 4 nitrogen and oxygen atoms in total. The fourth-order valence-corrected chi connectivity index (χ4v) is 2.73. The first-order chi connectivity index (χ1) is 11.3. The van der Waals surface area contributed by atoms with Crippen LogP contribution >= 0.6 is 0 Å². The molecule has 0 atom stereocenters. The Morgan fingerprint density at radius 3 is 2.46 bits per heavy atom. The second kappa shape index (κ2) is 5.78. The molecule has 1 N–H and O–H groups in total. The Bertz CT molecular complexity index is 819. The van der Waals surface area contributed by atoms with Gasteiger partial charge >= 0.3 is 0 Å². The predicted octanol–water partition coefficient (Wildman–Crippen LogP) is 4.14. The van der Waals surface area contributed by atoms with E-state index in [-0.39, 0.29) is 11.8 Å². The van der Waals surface area contributed by atoms with Gasteiger partial charge in [0.1, 0.15) is 0 Å². The summed E-state index contributed by atoms with van der Waals surface area (Å²) in [5.74, 6) is -0.000480. The molecule has 24 heavy (non-hydrogen) atoms. The van der Waals surface area contributed by atoms with E-state index in [1.807, 2.05) is 70.2 Å². The summed E-state index contributed by atoms with van der Waals surface area (Å²) in [5, 5.41) is 2.95. The van der Waals surface area contributed by atoms with Crippen LogP contribution in [0.3, 0.4) is 0 Å². The van der Waals surface area contributed by atoms with Gasteiger partial charge in [0.2, 0.25) is 5.91 Å². The molecule has 124 valence electrons. The number of anilines is 2. The number of benzene rings is 2. The number of carbonyl (C=O) groups is 2. The van der Waals surface area contributed by atoms with Gasteiger partial charge in [0.25, 0.3) is 5.91 Å². The SMILES string of the molecule is Cc1cc(N2Cc3ccccc3C2=O)ccc1NC(=O)C(C)(C)C. The van der Waals surface area contributed by atoms with Gasteiger partial charge in [-0.15, -0.1) is 0 Å². The van der Waals surface area contributed by atoms with Crippen molar-refractivity contribution in [3.05, 3.63) is 59.2 Å². The van der Waals surface area contributed by atoms with Crippen molar-refractivity contribution in [3.8, 4) is 0 Å². The van der Waals surface area contributed by atoms with E-state index in [1.54, 1.807) is 4.90 Å². The zero-order valence-corrected chi connectivity index (χ0v) is 14.5. The summed E-state index contributed by atoms with van der Waals surface area (Å²) in [4.78, 5) is 26.5. The van der Waals surface area contributed by atoms with Crippen LogP contribution in [0.25, 0.3) is 0 Å². The maximum Gasteiger partial charge on any atom is 0.258 e. The van der Waals surface area contributed by atoms with Gasteiger partial charge in [0.05, 0.1) is 6.54 Å². The molecule has 2 aromatic rings. The third-order valence-electron chi connectivity index (χ3n) is 4.27. The lowest BCUT2D eigenvalue weighted by Gasteiger charge is -2.21. The molecular formula is C20H22N2O2. The zero-order valence-electron chi connectivity index (χ0n) is 14.5. The molecule has 3 rings (SSSR count). The Hall–Kier alpha value is -2.62. The number of rotatable bonds is 2. The van der Waals surface area contributed by atoms with Crippen LogP contribution in [0.2, 0.25) is 0 Å². The van der Waals surface area contributed by atoms with Gasteiger partial charge in [-0.05, 0) is 42.3 Å². The minimum Gasteiger partial charge on any atom is -0.325 e. The van der Waals surface area contributed by atoms with Gasteiger partial charge in [0, 0.05) is 22.4 Å². The van der Waals surface area contributed by atoms with Gasteiger partial charge < -0.3 is 10.2 Å². The average molecular weight is 322 g/mol. The number of nitrogens with zero attached hydrogens (tertiary/aromatic N) is 1. The fourth-order valence-electron chi connectivity index (χ4n) is 2.73. The van der Waals surface area contributed by atoms with Gasteiger partial charge in [-0.25, -0.2) is 0 Å². The van der Waals surface area contributed by atoms with Crippen LogP contribution in [0.4, 0.5) is 11.4 Å². The molecule has 0 unspecified atom stereocenters. The summed E-state index contributed by atoms with van der Waals surface area (Å²) in [5.41, 5.74) is 3.93. The largest absolute Gasteiger partial charge is 0.325 e. The average Bonchev–Trinajstić information content (AvgIpc) is 2.86. The Morgan fingerprint density at radius 1 is 1.12 bits per heavy atom. The predicted molar refractivity (Wildman–Crippen MR) is 96.2 cm³/mol. The Morgan fingerprint density at radius 2 is 1.83 bits per heavy atom. The first-order valence-corrected chi connectivity index (χ1v) is 8.09. The first kappa shape index (κ1) is 16.2. The van der Waals surface area contributed by atoms with E-state index in [1.165, 1.54) is 0 Å². The molecule has 1 aliphatic heterocycles. The van der Waals surface area contributed by atoms with Crippen LogP contribution < -0.4 is 10.2 Å². The molecule has 0 spiro atoms. The number of aryl methyl sites for hydroxylation is 1. The standard InChI is InChI=1S/C20H22N2O2/c1-13-11-15(9-10-17(13)21-19(24)20(2,3)4)22-12-14-7-5-6-8-16(14)18(22)23/h5-11H,12H2,1-4H3,(H,21,24). The lowest BCUT2D eigenvalue weighted by molar-refractivity contribution is -0.123. The maximum atomic E-state index is 12.6. The van der Waals surface area contributed by atoms with Crippen molar-refractivity contribution in [2.45, 2.75) is 34.2 Å². The highest BCUT2D eigenvalue weighted by Crippen LogP contribution is 2.31. The van der Waals surface area contributed by atoms with E-state index in [9.17, 15) is 9.59 Å². The number of carbonyl (C=O) groups excluding carboxylic acids is 2. The summed E-state index contributed by atoms with van der Waals surface area (Å²) in [7, 11) is 0. The lowest BCUT2D eigenvalue weighted by atomic mass is 9.95. The van der Waals surface area contributed by atoms with Gasteiger partial charge in [0.15, 0.2) is 0 Å². The molecule has 2 aromatic carbocycles. The lowest BCUT2D eigenvalue weighted by Crippen LogP contribution is -2.28. The van der Waals surface area contributed by atoms with Crippen LogP contribution in [0.15, 0.2) is 42.5 Å². The molecule has 0 aromatic heterocycles. The molecule has 0 fully saturated rings. The van der Waals surface area contributed by atoms with Gasteiger partial charge in [-0.3, -0.25) is 9.59 Å².